The Morgan fingerprint density at radius 3 is 0.979 bits per heavy atom. The molecular formula is C94H68N2. The van der Waals surface area contributed by atoms with Crippen molar-refractivity contribution in [3.8, 4) is 67.0 Å². The highest BCUT2D eigenvalue weighted by Gasteiger charge is 2.47. The predicted octanol–water partition coefficient (Wildman–Crippen LogP) is 25.2. The van der Waals surface area contributed by atoms with Crippen molar-refractivity contribution in [1.29, 1.82) is 0 Å². The summed E-state index contributed by atoms with van der Waals surface area (Å²) >= 11 is 0. The molecule has 454 valence electrons. The maximum Gasteiger partial charge on any atom is 0.0541 e. The van der Waals surface area contributed by atoms with Crippen LogP contribution in [0.3, 0.4) is 0 Å². The molecule has 0 amide bonds. The first kappa shape index (κ1) is 55.2. The highest BCUT2D eigenvalue weighted by molar-refractivity contribution is 6.13. The van der Waals surface area contributed by atoms with Crippen LogP contribution in [0.5, 0.6) is 0 Å². The van der Waals surface area contributed by atoms with E-state index in [1.165, 1.54) is 228 Å². The fourth-order valence-corrected chi connectivity index (χ4v) is 18.2. The van der Waals surface area contributed by atoms with Crippen LogP contribution in [-0.2, 0) is 10.8 Å². The summed E-state index contributed by atoms with van der Waals surface area (Å²) in [5.74, 6) is 0. The Hall–Kier alpha value is -11.3. The van der Waals surface area contributed by atoms with Crippen LogP contribution in [0.2, 0.25) is 0 Å². The number of rotatable bonds is 9. The molecule has 20 rings (SSSR count). The molecule has 0 aliphatic heterocycles. The topological polar surface area (TPSA) is 9.86 Å². The van der Waals surface area contributed by atoms with Crippen molar-refractivity contribution >= 4 is 89.5 Å². The molecule has 0 bridgehead atoms. The van der Waals surface area contributed by atoms with E-state index in [1.807, 2.05) is 0 Å². The van der Waals surface area contributed by atoms with Crippen molar-refractivity contribution in [2.24, 2.45) is 0 Å². The van der Waals surface area contributed by atoms with E-state index in [9.17, 15) is 0 Å². The van der Waals surface area contributed by atoms with Crippen molar-refractivity contribution in [3.63, 3.8) is 0 Å². The minimum Gasteiger partial charge on any atom is -0.309 e. The Balaban J connectivity index is 0.551. The summed E-state index contributed by atoms with van der Waals surface area (Å²) in [6, 6.07) is 110. The van der Waals surface area contributed by atoms with Crippen molar-refractivity contribution in [2.45, 2.75) is 62.2 Å². The van der Waals surface area contributed by atoms with Crippen LogP contribution in [0.25, 0.3) is 156 Å². The number of nitrogens with zero attached hydrogens (tertiary/aromatic N) is 2. The van der Waals surface area contributed by atoms with E-state index in [2.05, 4.69) is 325 Å². The van der Waals surface area contributed by atoms with Crippen LogP contribution in [-0.4, -0.2) is 9.13 Å². The molecule has 14 aromatic carbocycles. The van der Waals surface area contributed by atoms with E-state index >= 15 is 0 Å². The lowest BCUT2D eigenvalue weighted by atomic mass is 9.75. The number of benzene rings is 14. The van der Waals surface area contributed by atoms with Crippen LogP contribution < -0.4 is 0 Å². The van der Waals surface area contributed by atoms with Gasteiger partial charge < -0.3 is 9.13 Å². The number of hydrogen-bond acceptors (Lipinski definition) is 0. The molecule has 2 nitrogen and oxygen atoms in total. The Labute approximate surface area is 560 Å². The molecular weight excluding hydrogens is 1160 g/mol. The molecule has 2 fully saturated rings. The Kier molecular flexibility index (Phi) is 12.4. The van der Waals surface area contributed by atoms with Gasteiger partial charge in [0, 0.05) is 43.1 Å². The van der Waals surface area contributed by atoms with Gasteiger partial charge in [0.25, 0.3) is 0 Å². The molecule has 4 aliphatic carbocycles. The van der Waals surface area contributed by atoms with Crippen molar-refractivity contribution in [3.05, 3.63) is 336 Å². The summed E-state index contributed by atoms with van der Waals surface area (Å²) in [7, 11) is 0. The largest absolute Gasteiger partial charge is 0.309 e. The summed E-state index contributed by atoms with van der Waals surface area (Å²) in [5.41, 5.74) is 31.7. The minimum absolute atomic E-state index is 0.0398. The molecule has 16 aromatic rings. The van der Waals surface area contributed by atoms with E-state index in [1.54, 1.807) is 0 Å². The lowest BCUT2D eigenvalue weighted by Gasteiger charge is -2.28. The van der Waals surface area contributed by atoms with Crippen LogP contribution in [0, 0.1) is 0 Å². The Morgan fingerprint density at radius 2 is 0.542 bits per heavy atom. The third kappa shape index (κ3) is 8.50. The lowest BCUT2D eigenvalue weighted by molar-refractivity contribution is 0.549. The van der Waals surface area contributed by atoms with Gasteiger partial charge >= 0.3 is 0 Å². The van der Waals surface area contributed by atoms with Crippen LogP contribution >= 0.6 is 0 Å². The number of aromatic nitrogens is 2. The van der Waals surface area contributed by atoms with E-state index in [-0.39, 0.29) is 10.8 Å². The van der Waals surface area contributed by atoms with Gasteiger partial charge in [0.1, 0.15) is 0 Å². The molecule has 96 heavy (non-hydrogen) atoms. The second-order valence-corrected chi connectivity index (χ2v) is 27.8. The molecule has 0 atom stereocenters. The standard InChI is InChI=1S/C94H68N2/c1-3-19-73-67(15-1)17-13-25-87(73)95-89-23-7-5-21-79(89)81-57-69(43-49-91(81)95)65-37-31-61(32-38-65)27-29-63-35-45-75-77-47-41-71(59-85(77)93(83(75)55-63)51-9-10-52-93)72-42-48-78-76-46-36-64(56-84(76)94(86(78)60-72)53-11-12-54-94)30-28-62-33-39-66(40-34-62)70-44-50-92-82(58-70)80-22-6-8-24-90(80)96(92)88-26-14-18-68-16-2-4-20-74(68)88/h1-8,13-50,55-60H,9-12,51-54H2. The molecule has 4 aliphatic rings. The van der Waals surface area contributed by atoms with Gasteiger partial charge in [-0.15, -0.1) is 0 Å². The zero-order chi connectivity index (χ0) is 63.1. The number of para-hydroxylation sites is 2. The minimum atomic E-state index is 0.0398. The molecule has 2 aromatic heterocycles. The molecule has 0 unspecified atom stereocenters. The monoisotopic (exact) mass is 1220 g/mol. The molecule has 2 heterocycles. The maximum absolute atomic E-state index is 2.60. The summed E-state index contributed by atoms with van der Waals surface area (Å²) < 4.78 is 4.88. The van der Waals surface area contributed by atoms with Crippen LogP contribution in [0.4, 0.5) is 0 Å². The lowest BCUT2D eigenvalue weighted by Crippen LogP contribution is -2.21. The Bertz CT molecular complexity index is 5570. The van der Waals surface area contributed by atoms with E-state index < -0.39 is 0 Å². The van der Waals surface area contributed by atoms with Gasteiger partial charge in [-0.05, 0) is 197 Å². The van der Waals surface area contributed by atoms with Gasteiger partial charge in [-0.2, -0.15) is 0 Å². The van der Waals surface area contributed by atoms with E-state index in [0.717, 1.165) is 0 Å². The first-order valence-electron chi connectivity index (χ1n) is 34.7. The highest BCUT2D eigenvalue weighted by atomic mass is 15.0. The van der Waals surface area contributed by atoms with Gasteiger partial charge in [0.05, 0.1) is 33.4 Å². The summed E-state index contributed by atoms with van der Waals surface area (Å²) in [4.78, 5) is 0. The summed E-state index contributed by atoms with van der Waals surface area (Å²) in [5, 5.41) is 10.1. The zero-order valence-corrected chi connectivity index (χ0v) is 53.6. The molecule has 0 radical (unpaired) electrons. The van der Waals surface area contributed by atoms with Crippen molar-refractivity contribution in [1.82, 2.24) is 9.13 Å². The number of fused-ring (bicyclic) bond motifs is 18. The highest BCUT2D eigenvalue weighted by Crippen LogP contribution is 2.60. The van der Waals surface area contributed by atoms with Crippen molar-refractivity contribution < 1.29 is 0 Å². The van der Waals surface area contributed by atoms with Crippen LogP contribution in [0.1, 0.15) is 95.9 Å². The molecule has 2 heteroatoms. The summed E-state index contributed by atoms with van der Waals surface area (Å²) in [6.07, 6.45) is 19.1. The van der Waals surface area contributed by atoms with Crippen LogP contribution in [0.15, 0.2) is 291 Å². The third-order valence-electron chi connectivity index (χ3n) is 22.8. The molecule has 0 N–H and O–H groups in total. The van der Waals surface area contributed by atoms with Gasteiger partial charge in [0.2, 0.25) is 0 Å². The second kappa shape index (κ2) is 21.6. The summed E-state index contributed by atoms with van der Waals surface area (Å²) in [6.45, 7) is 0. The van der Waals surface area contributed by atoms with E-state index in [4.69, 9.17) is 0 Å². The second-order valence-electron chi connectivity index (χ2n) is 27.8. The van der Waals surface area contributed by atoms with Crippen molar-refractivity contribution in [2.75, 3.05) is 0 Å². The molecule has 0 saturated heterocycles. The van der Waals surface area contributed by atoms with Gasteiger partial charge in [-0.3, -0.25) is 0 Å². The third-order valence-corrected chi connectivity index (χ3v) is 22.8. The van der Waals surface area contributed by atoms with Gasteiger partial charge in [-0.1, -0.05) is 281 Å². The fraction of sp³-hybridized carbons (Fsp3) is 0.106. The van der Waals surface area contributed by atoms with Gasteiger partial charge in [-0.25, -0.2) is 0 Å². The first-order chi connectivity index (χ1) is 47.5. The molecule has 2 spiro atoms. The number of hydrogen-bond donors (Lipinski definition) is 0. The predicted molar refractivity (Wildman–Crippen MR) is 407 cm³/mol. The van der Waals surface area contributed by atoms with Gasteiger partial charge in [0.15, 0.2) is 0 Å². The maximum atomic E-state index is 2.60. The fourth-order valence-electron chi connectivity index (χ4n) is 18.2. The Morgan fingerprint density at radius 1 is 0.229 bits per heavy atom. The average Bonchev–Trinajstić information content (AvgIpc) is 1.59. The molecule has 2 saturated carbocycles. The quantitative estimate of drug-likeness (QED) is 0.128. The van der Waals surface area contributed by atoms with E-state index in [0.29, 0.717) is 0 Å². The smallest absolute Gasteiger partial charge is 0.0541 e. The zero-order valence-electron chi connectivity index (χ0n) is 53.6. The average molecular weight is 1230 g/mol. The SMILES string of the molecule is C(=Cc1ccc2c(c1)C1(CCCC1)c1cc(-c3ccc4c(c3)C3(CCCC3)c3cc(C=Cc5ccc(-c6ccc7c(c6)c6ccccc6n7-c6cccc7ccccc67)cc5)ccc3-4)ccc1-2)c1ccc(-c2ccc3c(c2)c2ccccc2n3-c2cccc3ccccc23)cc1. The normalized spacial score (nSPS) is 15.0. The first-order valence-corrected chi connectivity index (χ1v) is 34.7.